The van der Waals surface area contributed by atoms with E-state index in [4.69, 9.17) is 10.00 Å². The van der Waals surface area contributed by atoms with Gasteiger partial charge in [-0.2, -0.15) is 9.57 Å². The van der Waals surface area contributed by atoms with Crippen molar-refractivity contribution in [3.05, 3.63) is 72.3 Å². The summed E-state index contributed by atoms with van der Waals surface area (Å²) >= 11 is 0. The molecule has 2 aromatic rings. The molecular formula is C22H21F3N2O5S. The molecule has 11 heteroatoms. The van der Waals surface area contributed by atoms with Crippen molar-refractivity contribution in [3.63, 3.8) is 0 Å². The molecule has 0 bridgehead atoms. The highest BCUT2D eigenvalue weighted by atomic mass is 32.2. The Balaban J connectivity index is 2.60. The van der Waals surface area contributed by atoms with Gasteiger partial charge in [0.05, 0.1) is 12.7 Å². The summed E-state index contributed by atoms with van der Waals surface area (Å²) in [4.78, 5) is 11.5. The molecule has 0 heterocycles. The highest BCUT2D eigenvalue weighted by molar-refractivity contribution is 7.89. The third-order valence-corrected chi connectivity index (χ3v) is 6.21. The van der Waals surface area contributed by atoms with Crippen molar-refractivity contribution in [3.8, 4) is 11.8 Å². The lowest BCUT2D eigenvalue weighted by Crippen LogP contribution is -2.44. The number of carbonyl (C=O) groups is 1. The lowest BCUT2D eigenvalue weighted by molar-refractivity contribution is -0.275. The predicted octanol–water partition coefficient (Wildman–Crippen LogP) is 3.83. The Bertz CT molecular complexity index is 1110. The maximum Gasteiger partial charge on any atom is 0.573 e. The summed E-state index contributed by atoms with van der Waals surface area (Å²) < 4.78 is 75.2. The van der Waals surface area contributed by atoms with E-state index in [2.05, 4.69) is 4.74 Å². The fourth-order valence-corrected chi connectivity index (χ4v) is 4.63. The van der Waals surface area contributed by atoms with E-state index < -0.39 is 45.6 Å². The van der Waals surface area contributed by atoms with Crippen molar-refractivity contribution in [1.82, 2.24) is 4.31 Å². The number of para-hydroxylation sites is 1. The highest BCUT2D eigenvalue weighted by Crippen LogP contribution is 2.32. The minimum Gasteiger partial charge on any atom is -0.465 e. The van der Waals surface area contributed by atoms with E-state index in [1.165, 1.54) is 25.1 Å². The van der Waals surface area contributed by atoms with Gasteiger partial charge in [-0.05, 0) is 31.0 Å². The van der Waals surface area contributed by atoms with Gasteiger partial charge in [-0.15, -0.1) is 13.2 Å². The minimum atomic E-state index is -5.14. The molecule has 0 fully saturated rings. The van der Waals surface area contributed by atoms with E-state index >= 15 is 0 Å². The Morgan fingerprint density at radius 1 is 1.15 bits per heavy atom. The Hall–Kier alpha value is -3.36. The molecule has 0 radical (unpaired) electrons. The van der Waals surface area contributed by atoms with Crippen LogP contribution in [0.4, 0.5) is 13.2 Å². The summed E-state index contributed by atoms with van der Waals surface area (Å²) in [5, 5.41) is 8.98. The molecule has 2 rings (SSSR count). The number of hydrogen-bond acceptors (Lipinski definition) is 6. The molecular weight excluding hydrogens is 461 g/mol. The number of esters is 1. The fourth-order valence-electron chi connectivity index (χ4n) is 2.99. The van der Waals surface area contributed by atoms with Crippen LogP contribution in [0.15, 0.2) is 71.6 Å². The van der Waals surface area contributed by atoms with E-state index in [-0.39, 0.29) is 13.0 Å². The van der Waals surface area contributed by atoms with Crippen LogP contribution in [0.25, 0.3) is 0 Å². The van der Waals surface area contributed by atoms with Gasteiger partial charge in [-0.25, -0.2) is 8.42 Å². The van der Waals surface area contributed by atoms with Crippen LogP contribution in [0.1, 0.15) is 12.5 Å². The number of sulfonamides is 1. The number of carbonyl (C=O) groups excluding carboxylic acids is 1. The molecule has 0 saturated carbocycles. The Morgan fingerprint density at radius 3 is 2.39 bits per heavy atom. The van der Waals surface area contributed by atoms with Gasteiger partial charge < -0.3 is 9.47 Å². The number of ether oxygens (including phenoxy) is 2. The van der Waals surface area contributed by atoms with Crippen LogP contribution in [0.2, 0.25) is 0 Å². The van der Waals surface area contributed by atoms with Gasteiger partial charge in [0, 0.05) is 12.1 Å². The maximum absolute atomic E-state index is 13.5. The van der Waals surface area contributed by atoms with Crippen molar-refractivity contribution in [2.45, 2.75) is 30.6 Å². The maximum atomic E-state index is 13.5. The highest BCUT2D eigenvalue weighted by Gasteiger charge is 2.38. The first-order valence-electron chi connectivity index (χ1n) is 9.71. The predicted molar refractivity (Wildman–Crippen MR) is 112 cm³/mol. The Kier molecular flexibility index (Phi) is 9.02. The van der Waals surface area contributed by atoms with E-state index in [9.17, 15) is 26.4 Å². The second-order valence-electron chi connectivity index (χ2n) is 6.60. The standard InChI is InChI=1S/C22H21F3N2O5S/c1-2-31-21(28)16-27(18(11-8-14-26)15-17-9-4-3-5-10-17)33(29,30)20-13-7-6-12-19(20)32-22(23,24)25/h3-13,18H,2,15-16H2,1H3/t18-/m0/s1. The van der Waals surface area contributed by atoms with Gasteiger partial charge in [-0.1, -0.05) is 48.5 Å². The molecule has 0 aliphatic heterocycles. The first kappa shape index (κ1) is 25.9. The summed E-state index contributed by atoms with van der Waals surface area (Å²) in [6.07, 6.45) is -2.79. The van der Waals surface area contributed by atoms with Crippen LogP contribution >= 0.6 is 0 Å². The smallest absolute Gasteiger partial charge is 0.465 e. The van der Waals surface area contributed by atoms with Gasteiger partial charge in [0.25, 0.3) is 0 Å². The number of rotatable bonds is 10. The summed E-state index contributed by atoms with van der Waals surface area (Å²) in [7, 11) is -4.72. The molecule has 0 aromatic heterocycles. The van der Waals surface area contributed by atoms with Gasteiger partial charge in [0.2, 0.25) is 10.0 Å². The average molecular weight is 482 g/mol. The molecule has 7 nitrogen and oxygen atoms in total. The van der Waals surface area contributed by atoms with Crippen molar-refractivity contribution >= 4 is 16.0 Å². The van der Waals surface area contributed by atoms with Crippen molar-refractivity contribution in [2.24, 2.45) is 0 Å². The quantitative estimate of drug-likeness (QED) is 0.377. The largest absolute Gasteiger partial charge is 0.573 e. The van der Waals surface area contributed by atoms with Gasteiger partial charge >= 0.3 is 12.3 Å². The summed E-state index contributed by atoms with van der Waals surface area (Å²) in [5.74, 6) is -1.85. The van der Waals surface area contributed by atoms with Crippen LogP contribution < -0.4 is 4.74 Å². The topological polar surface area (TPSA) is 96.7 Å². The molecule has 176 valence electrons. The second kappa shape index (κ2) is 11.5. The second-order valence-corrected chi connectivity index (χ2v) is 8.45. The first-order chi connectivity index (χ1) is 15.6. The van der Waals surface area contributed by atoms with Crippen LogP contribution in [-0.4, -0.2) is 44.2 Å². The number of allylic oxidation sites excluding steroid dienone is 1. The van der Waals surface area contributed by atoms with Crippen molar-refractivity contribution < 1.29 is 35.9 Å². The van der Waals surface area contributed by atoms with E-state index in [1.807, 2.05) is 0 Å². The molecule has 0 unspecified atom stereocenters. The molecule has 0 spiro atoms. The molecule has 2 aromatic carbocycles. The molecule has 0 amide bonds. The van der Waals surface area contributed by atoms with Gasteiger partial charge in [-0.3, -0.25) is 4.79 Å². The summed E-state index contributed by atoms with van der Waals surface area (Å²) in [6.45, 7) is 0.710. The van der Waals surface area contributed by atoms with E-state index in [0.717, 1.165) is 18.2 Å². The number of nitrogens with zero attached hydrogens (tertiary/aromatic N) is 2. The number of hydrogen-bond donors (Lipinski definition) is 0. The monoisotopic (exact) mass is 482 g/mol. The molecule has 33 heavy (non-hydrogen) atoms. The van der Waals surface area contributed by atoms with E-state index in [1.54, 1.807) is 36.4 Å². The zero-order valence-electron chi connectivity index (χ0n) is 17.5. The van der Waals surface area contributed by atoms with Crippen LogP contribution in [-0.2, 0) is 26.0 Å². The zero-order valence-corrected chi connectivity index (χ0v) is 18.3. The molecule has 0 N–H and O–H groups in total. The van der Waals surface area contributed by atoms with E-state index in [0.29, 0.717) is 9.87 Å². The fraction of sp³-hybridized carbons (Fsp3) is 0.273. The number of alkyl halides is 3. The molecule has 1 atom stereocenters. The number of nitriles is 1. The molecule has 0 saturated heterocycles. The van der Waals surface area contributed by atoms with Crippen LogP contribution in [0, 0.1) is 11.3 Å². The summed E-state index contributed by atoms with van der Waals surface area (Å²) in [6, 6.07) is 13.5. The first-order valence-corrected chi connectivity index (χ1v) is 11.1. The van der Waals surface area contributed by atoms with Gasteiger partial charge in [0.1, 0.15) is 17.2 Å². The van der Waals surface area contributed by atoms with Crippen LogP contribution in [0.5, 0.6) is 5.75 Å². The molecule has 0 aliphatic carbocycles. The number of benzene rings is 2. The minimum absolute atomic E-state index is 0.0299. The van der Waals surface area contributed by atoms with Crippen LogP contribution in [0.3, 0.4) is 0 Å². The number of halogens is 3. The normalized spacial score (nSPS) is 13.0. The molecule has 0 aliphatic rings. The Morgan fingerprint density at radius 2 is 1.79 bits per heavy atom. The Labute approximate surface area is 189 Å². The summed E-state index contributed by atoms with van der Waals surface area (Å²) in [5.41, 5.74) is 0.675. The lowest BCUT2D eigenvalue weighted by atomic mass is 10.1. The van der Waals surface area contributed by atoms with Crippen molar-refractivity contribution in [1.29, 1.82) is 5.26 Å². The zero-order chi connectivity index (χ0) is 24.5. The lowest BCUT2D eigenvalue weighted by Gasteiger charge is -2.29. The SMILES string of the molecule is CCOC(=O)CN([C@@H](C=CC#N)Cc1ccccc1)S(=O)(=O)c1ccccc1OC(F)(F)F. The van der Waals surface area contributed by atoms with Crippen molar-refractivity contribution in [2.75, 3.05) is 13.2 Å². The van der Waals surface area contributed by atoms with Gasteiger partial charge in [0.15, 0.2) is 0 Å². The third kappa shape index (κ3) is 7.62. The third-order valence-electron chi connectivity index (χ3n) is 4.30. The average Bonchev–Trinajstić information content (AvgIpc) is 2.75.